The molecule has 5 heterocycles. The summed E-state index contributed by atoms with van der Waals surface area (Å²) in [4.78, 5) is 15.3. The van der Waals surface area contributed by atoms with E-state index in [1.807, 2.05) is 0 Å². The first kappa shape index (κ1) is 34.0. The van der Waals surface area contributed by atoms with Gasteiger partial charge in [0.05, 0.1) is 16.5 Å². The number of anilines is 1. The Bertz CT molecular complexity index is 2250. The molecule has 268 valence electrons. The zero-order valence-electron chi connectivity index (χ0n) is 27.7. The third-order valence-electron chi connectivity index (χ3n) is 10.4. The number of pyridine rings is 1. The lowest BCUT2D eigenvalue weighted by Crippen LogP contribution is -2.44. The van der Waals surface area contributed by atoms with Gasteiger partial charge in [0.2, 0.25) is 0 Å². The van der Waals surface area contributed by atoms with Gasteiger partial charge in [-0.1, -0.05) is 18.4 Å². The lowest BCUT2D eigenvalue weighted by atomic mass is 9.94. The van der Waals surface area contributed by atoms with E-state index in [-0.39, 0.29) is 70.0 Å². The van der Waals surface area contributed by atoms with Gasteiger partial charge in [0, 0.05) is 49.2 Å². The molecule has 0 unspecified atom stereocenters. The van der Waals surface area contributed by atoms with Crippen molar-refractivity contribution in [2.24, 2.45) is 0 Å². The lowest BCUT2D eigenvalue weighted by Gasteiger charge is -2.34. The molecule has 5 aromatic rings. The minimum absolute atomic E-state index is 0.0298. The molecule has 52 heavy (non-hydrogen) atoms. The topological polar surface area (TPSA) is 86.6 Å². The maximum Gasteiger partial charge on any atom is 0.319 e. The van der Waals surface area contributed by atoms with Gasteiger partial charge in [-0.05, 0) is 67.0 Å². The number of terminal acetylenes is 1. The number of alkyl halides is 1. The maximum absolute atomic E-state index is 16.9. The quantitative estimate of drug-likeness (QED) is 0.107. The highest BCUT2D eigenvalue weighted by Gasteiger charge is 2.54. The summed E-state index contributed by atoms with van der Waals surface area (Å²) in [5.74, 6) is -3.42. The van der Waals surface area contributed by atoms with Crippen molar-refractivity contribution in [2.75, 3.05) is 31.3 Å². The van der Waals surface area contributed by atoms with Crippen LogP contribution in [0.1, 0.15) is 55.7 Å². The number of ether oxygens (including phenoxy) is 1. The standard InChI is InChI=1S/C38H32F6N6O2/c1-2-24-27(40)7-6-20-12-23(51)15-25(31(20)24)34-33(44)35-26(17-45-34)36(50-11-5-3-4-10-46-50)48-37(47-35)52-19-38-9-8-30(49(38)18-22(39)16-38)21-13-28(41)32(43)29(42)14-21/h1,6-7,12-15,17,22,30,46,51H,3-5,8-11,16,18-19H2/t22-,30+,38+/m1/s1. The van der Waals surface area contributed by atoms with Crippen molar-refractivity contribution in [3.8, 4) is 35.4 Å². The van der Waals surface area contributed by atoms with Crippen LogP contribution in [0.15, 0.2) is 42.6 Å². The summed E-state index contributed by atoms with van der Waals surface area (Å²) in [6.07, 6.45) is 9.34. The van der Waals surface area contributed by atoms with Crippen LogP contribution in [0.25, 0.3) is 32.9 Å². The molecule has 2 aromatic heterocycles. The minimum Gasteiger partial charge on any atom is -0.508 e. The monoisotopic (exact) mass is 718 g/mol. The summed E-state index contributed by atoms with van der Waals surface area (Å²) in [6.45, 7) is 1.01. The Kier molecular flexibility index (Phi) is 8.58. The van der Waals surface area contributed by atoms with Crippen LogP contribution in [0, 0.1) is 41.4 Å². The molecule has 3 aromatic carbocycles. The maximum atomic E-state index is 16.9. The highest BCUT2D eigenvalue weighted by molar-refractivity contribution is 6.03. The van der Waals surface area contributed by atoms with Crippen LogP contribution in [-0.2, 0) is 0 Å². The molecule has 3 aliphatic heterocycles. The van der Waals surface area contributed by atoms with Gasteiger partial charge in [-0.3, -0.25) is 14.9 Å². The Balaban J connectivity index is 1.21. The van der Waals surface area contributed by atoms with Crippen LogP contribution in [0.2, 0.25) is 0 Å². The summed E-state index contributed by atoms with van der Waals surface area (Å²) in [5, 5.41) is 13.1. The number of hydrogen-bond acceptors (Lipinski definition) is 8. The average molecular weight is 719 g/mol. The predicted molar refractivity (Wildman–Crippen MR) is 182 cm³/mol. The molecule has 3 saturated heterocycles. The summed E-state index contributed by atoms with van der Waals surface area (Å²) >= 11 is 0. The van der Waals surface area contributed by atoms with Crippen molar-refractivity contribution in [1.29, 1.82) is 0 Å². The second-order valence-corrected chi connectivity index (χ2v) is 13.6. The van der Waals surface area contributed by atoms with E-state index < -0.39 is 46.8 Å². The highest BCUT2D eigenvalue weighted by atomic mass is 19.2. The molecule has 0 radical (unpaired) electrons. The van der Waals surface area contributed by atoms with Gasteiger partial charge >= 0.3 is 6.01 Å². The molecule has 0 amide bonds. The number of fused-ring (bicyclic) bond motifs is 3. The van der Waals surface area contributed by atoms with Gasteiger partial charge < -0.3 is 9.84 Å². The summed E-state index contributed by atoms with van der Waals surface area (Å²) in [7, 11) is 0. The van der Waals surface area contributed by atoms with Gasteiger partial charge in [-0.2, -0.15) is 9.97 Å². The van der Waals surface area contributed by atoms with E-state index in [0.717, 1.165) is 31.4 Å². The van der Waals surface area contributed by atoms with Crippen LogP contribution >= 0.6 is 0 Å². The van der Waals surface area contributed by atoms with E-state index >= 15 is 8.78 Å². The first-order valence-electron chi connectivity index (χ1n) is 17.0. The van der Waals surface area contributed by atoms with Crippen molar-refractivity contribution in [1.82, 2.24) is 25.3 Å². The lowest BCUT2D eigenvalue weighted by molar-refractivity contribution is 0.0843. The van der Waals surface area contributed by atoms with E-state index in [0.29, 0.717) is 37.1 Å². The van der Waals surface area contributed by atoms with Crippen molar-refractivity contribution in [2.45, 2.75) is 56.3 Å². The normalized spacial score (nSPS) is 22.1. The Hall–Kier alpha value is -5.13. The van der Waals surface area contributed by atoms with Gasteiger partial charge in [-0.15, -0.1) is 6.42 Å². The van der Waals surface area contributed by atoms with Gasteiger partial charge in [0.1, 0.15) is 35.6 Å². The average Bonchev–Trinajstić information content (AvgIpc) is 3.48. The number of nitrogens with one attached hydrogen (secondary N) is 1. The number of aromatic hydroxyl groups is 1. The molecule has 3 fully saturated rings. The van der Waals surface area contributed by atoms with Crippen molar-refractivity contribution < 1.29 is 36.2 Å². The number of hydrazine groups is 1. The Morgan fingerprint density at radius 3 is 2.60 bits per heavy atom. The van der Waals surface area contributed by atoms with Crippen LogP contribution in [0.4, 0.5) is 32.2 Å². The Morgan fingerprint density at radius 1 is 1.00 bits per heavy atom. The van der Waals surface area contributed by atoms with E-state index in [2.05, 4.69) is 26.3 Å². The number of benzene rings is 3. The number of phenols is 1. The molecule has 8 nitrogen and oxygen atoms in total. The van der Waals surface area contributed by atoms with E-state index in [4.69, 9.17) is 11.2 Å². The fourth-order valence-corrected chi connectivity index (χ4v) is 8.07. The zero-order chi connectivity index (χ0) is 36.3. The molecule has 3 atom stereocenters. The summed E-state index contributed by atoms with van der Waals surface area (Å²) < 4.78 is 95.3. The number of hydrogen-bond donors (Lipinski definition) is 2. The summed E-state index contributed by atoms with van der Waals surface area (Å²) in [6, 6.07) is 6.30. The number of nitrogens with zero attached hydrogens (tertiary/aromatic N) is 5. The number of rotatable bonds is 6. The van der Waals surface area contributed by atoms with Crippen molar-refractivity contribution in [3.63, 3.8) is 0 Å². The predicted octanol–water partition coefficient (Wildman–Crippen LogP) is 7.42. The molecule has 0 saturated carbocycles. The third-order valence-corrected chi connectivity index (χ3v) is 10.4. The third kappa shape index (κ3) is 5.72. The molecule has 8 rings (SSSR count). The van der Waals surface area contributed by atoms with E-state index in [1.165, 1.54) is 30.5 Å². The molecule has 2 N–H and O–H groups in total. The number of phenolic OH excluding ortho intramolecular Hbond substituents is 1. The molecule has 3 aliphatic rings. The summed E-state index contributed by atoms with van der Waals surface area (Å²) in [5.41, 5.74) is 2.10. The molecular weight excluding hydrogens is 686 g/mol. The smallest absolute Gasteiger partial charge is 0.319 e. The molecule has 0 spiro atoms. The fraction of sp³-hybridized carbons (Fsp3) is 0.342. The number of halogens is 6. The first-order chi connectivity index (χ1) is 25.1. The van der Waals surface area contributed by atoms with Crippen LogP contribution in [0.5, 0.6) is 11.8 Å². The fourth-order valence-electron chi connectivity index (χ4n) is 8.07. The van der Waals surface area contributed by atoms with E-state index in [1.54, 1.807) is 9.91 Å². The largest absolute Gasteiger partial charge is 0.508 e. The van der Waals surface area contributed by atoms with Crippen LogP contribution in [-0.4, -0.2) is 62.9 Å². The minimum atomic E-state index is -1.57. The SMILES string of the molecule is C#Cc1c(F)ccc2cc(O)cc(-c3ncc4c(N5CCCCCN5)nc(OC[C@@]56CC[C@@H](c7cc(F)c(F)c(F)c7)N5C[C@H](F)C6)nc4c3F)c12. The van der Waals surface area contributed by atoms with Crippen LogP contribution in [0.3, 0.4) is 0 Å². The van der Waals surface area contributed by atoms with E-state index in [9.17, 15) is 22.7 Å². The van der Waals surface area contributed by atoms with Crippen molar-refractivity contribution >= 4 is 27.5 Å². The first-order valence-corrected chi connectivity index (χ1v) is 17.0. The van der Waals surface area contributed by atoms with Gasteiger partial charge in [0.25, 0.3) is 0 Å². The molecular formula is C38H32F6N6O2. The van der Waals surface area contributed by atoms with Gasteiger partial charge in [-0.25, -0.2) is 31.8 Å². The molecule has 0 aliphatic carbocycles. The van der Waals surface area contributed by atoms with Crippen molar-refractivity contribution in [3.05, 3.63) is 82.8 Å². The zero-order valence-corrected chi connectivity index (χ0v) is 27.7. The van der Waals surface area contributed by atoms with Crippen LogP contribution < -0.4 is 15.2 Å². The Labute approximate surface area is 294 Å². The van der Waals surface area contributed by atoms with Gasteiger partial charge in [0.15, 0.2) is 29.1 Å². The second-order valence-electron chi connectivity index (χ2n) is 13.6. The highest BCUT2D eigenvalue weighted by Crippen LogP contribution is 2.50. The molecule has 0 bridgehead atoms. The Morgan fingerprint density at radius 2 is 1.81 bits per heavy atom. The number of aromatic nitrogens is 3. The molecule has 14 heteroatoms. The second kappa shape index (κ2) is 13.1.